The van der Waals surface area contributed by atoms with Gasteiger partial charge >= 0.3 is 6.18 Å². The molecule has 0 saturated carbocycles. The van der Waals surface area contributed by atoms with Crippen LogP contribution < -0.4 is 0 Å². The Morgan fingerprint density at radius 1 is 1.09 bits per heavy atom. The molecule has 0 aliphatic carbocycles. The molecule has 2 nitrogen and oxygen atoms in total. The van der Waals surface area contributed by atoms with Crippen LogP contribution in [0, 0.1) is 0 Å². The van der Waals surface area contributed by atoms with Gasteiger partial charge in [-0.2, -0.15) is 13.2 Å². The molecule has 3 rings (SSSR count). The lowest BCUT2D eigenvalue weighted by atomic mass is 10.1. The number of oxazole rings is 1. The Labute approximate surface area is 136 Å². The van der Waals surface area contributed by atoms with E-state index in [4.69, 9.17) is 4.42 Å². The number of fused-ring (bicyclic) bond motifs is 1. The molecule has 0 radical (unpaired) electrons. The molecule has 0 unspecified atom stereocenters. The van der Waals surface area contributed by atoms with Crippen molar-refractivity contribution in [2.24, 2.45) is 0 Å². The van der Waals surface area contributed by atoms with Crippen molar-refractivity contribution in [3.05, 3.63) is 58.1 Å². The zero-order valence-electron chi connectivity index (χ0n) is 11.0. The summed E-state index contributed by atoms with van der Waals surface area (Å²) in [6, 6.07) is 10.6. The molecule has 0 N–H and O–H groups in total. The maximum absolute atomic E-state index is 12.5. The van der Waals surface area contributed by atoms with Gasteiger partial charge in [-0.05, 0) is 35.9 Å². The Hall–Kier alpha value is -1.47. The summed E-state index contributed by atoms with van der Waals surface area (Å²) in [7, 11) is 0. The fourth-order valence-electron chi connectivity index (χ4n) is 1.87. The van der Waals surface area contributed by atoms with Crippen LogP contribution in [0.4, 0.5) is 13.2 Å². The van der Waals surface area contributed by atoms with Crippen LogP contribution in [-0.4, -0.2) is 4.98 Å². The Balaban J connectivity index is 1.71. The van der Waals surface area contributed by atoms with E-state index in [0.717, 1.165) is 27.7 Å². The van der Waals surface area contributed by atoms with E-state index in [1.165, 1.54) is 23.9 Å². The van der Waals surface area contributed by atoms with Crippen molar-refractivity contribution in [2.45, 2.75) is 17.2 Å². The number of benzene rings is 2. The summed E-state index contributed by atoms with van der Waals surface area (Å²) in [4.78, 5) is 4.32. The van der Waals surface area contributed by atoms with Gasteiger partial charge in [0, 0.05) is 10.2 Å². The second-order valence-electron chi connectivity index (χ2n) is 4.58. The van der Waals surface area contributed by atoms with E-state index in [1.54, 1.807) is 0 Å². The van der Waals surface area contributed by atoms with Gasteiger partial charge in [-0.15, -0.1) is 0 Å². The third kappa shape index (κ3) is 3.47. The first kappa shape index (κ1) is 15.4. The molecule has 114 valence electrons. The van der Waals surface area contributed by atoms with Crippen molar-refractivity contribution in [1.82, 2.24) is 4.98 Å². The van der Waals surface area contributed by atoms with Crippen LogP contribution in [0.1, 0.15) is 11.1 Å². The van der Waals surface area contributed by atoms with Gasteiger partial charge in [0.1, 0.15) is 5.52 Å². The zero-order valence-corrected chi connectivity index (χ0v) is 13.4. The predicted molar refractivity (Wildman–Crippen MR) is 82.7 cm³/mol. The minimum atomic E-state index is -4.31. The number of hydrogen-bond donors (Lipinski definition) is 0. The van der Waals surface area contributed by atoms with Gasteiger partial charge in [0.15, 0.2) is 5.58 Å². The minimum Gasteiger partial charge on any atom is -0.431 e. The Morgan fingerprint density at radius 3 is 2.50 bits per heavy atom. The smallest absolute Gasteiger partial charge is 0.416 e. The molecule has 1 aromatic heterocycles. The highest BCUT2D eigenvalue weighted by molar-refractivity contribution is 9.10. The summed E-state index contributed by atoms with van der Waals surface area (Å²) in [6.45, 7) is 0. The van der Waals surface area contributed by atoms with Crippen LogP contribution in [-0.2, 0) is 11.9 Å². The van der Waals surface area contributed by atoms with Gasteiger partial charge < -0.3 is 4.42 Å². The Morgan fingerprint density at radius 2 is 1.82 bits per heavy atom. The maximum atomic E-state index is 12.5. The molecular weight excluding hydrogens is 379 g/mol. The van der Waals surface area contributed by atoms with Crippen LogP contribution >= 0.6 is 27.7 Å². The van der Waals surface area contributed by atoms with Crippen molar-refractivity contribution < 1.29 is 17.6 Å². The second-order valence-corrected chi connectivity index (χ2v) is 6.42. The van der Waals surface area contributed by atoms with Gasteiger partial charge in [-0.3, -0.25) is 0 Å². The summed E-state index contributed by atoms with van der Waals surface area (Å²) in [6.07, 6.45) is -4.31. The first-order chi connectivity index (χ1) is 10.4. The molecule has 0 fully saturated rings. The van der Waals surface area contributed by atoms with E-state index >= 15 is 0 Å². The van der Waals surface area contributed by atoms with Crippen molar-refractivity contribution >= 4 is 38.8 Å². The second kappa shape index (κ2) is 5.96. The third-order valence-corrected chi connectivity index (χ3v) is 4.37. The number of nitrogens with zero attached hydrogens (tertiary/aromatic N) is 1. The molecule has 22 heavy (non-hydrogen) atoms. The fraction of sp³-hybridized carbons (Fsp3) is 0.133. The highest BCUT2D eigenvalue weighted by Crippen LogP contribution is 2.31. The fourth-order valence-corrected chi connectivity index (χ4v) is 3.01. The number of aromatic nitrogens is 1. The third-order valence-electron chi connectivity index (χ3n) is 2.97. The molecule has 0 aliphatic rings. The summed E-state index contributed by atoms with van der Waals surface area (Å²) < 4.78 is 44.0. The van der Waals surface area contributed by atoms with Crippen LogP contribution in [0.2, 0.25) is 0 Å². The molecule has 0 atom stereocenters. The van der Waals surface area contributed by atoms with Crippen LogP contribution in [0.3, 0.4) is 0 Å². The van der Waals surface area contributed by atoms with Gasteiger partial charge in [-0.25, -0.2) is 4.98 Å². The normalized spacial score (nSPS) is 12.0. The average Bonchev–Trinajstić information content (AvgIpc) is 2.86. The summed E-state index contributed by atoms with van der Waals surface area (Å²) in [5.74, 6) is 0.492. The molecule has 0 amide bonds. The lowest BCUT2D eigenvalue weighted by molar-refractivity contribution is -0.137. The Kier molecular flexibility index (Phi) is 4.18. The van der Waals surface area contributed by atoms with E-state index in [-0.39, 0.29) is 0 Å². The lowest BCUT2D eigenvalue weighted by Gasteiger charge is -2.06. The van der Waals surface area contributed by atoms with Gasteiger partial charge in [0.25, 0.3) is 5.22 Å². The summed E-state index contributed by atoms with van der Waals surface area (Å²) >= 11 is 4.70. The van der Waals surface area contributed by atoms with Gasteiger partial charge in [-0.1, -0.05) is 39.8 Å². The number of halogens is 4. The van der Waals surface area contributed by atoms with Crippen LogP contribution in [0.25, 0.3) is 11.1 Å². The number of thioether (sulfide) groups is 1. The molecule has 2 aromatic carbocycles. The highest BCUT2D eigenvalue weighted by atomic mass is 79.9. The summed E-state index contributed by atoms with van der Waals surface area (Å²) in [5, 5.41) is 0.494. The quantitative estimate of drug-likeness (QED) is 0.523. The van der Waals surface area contributed by atoms with Crippen LogP contribution in [0.15, 0.2) is 56.6 Å². The Bertz CT molecular complexity index is 799. The van der Waals surface area contributed by atoms with Crippen molar-refractivity contribution in [2.75, 3.05) is 0 Å². The molecule has 0 spiro atoms. The molecule has 7 heteroatoms. The highest BCUT2D eigenvalue weighted by Gasteiger charge is 2.29. The van der Waals surface area contributed by atoms with E-state index in [0.29, 0.717) is 16.6 Å². The lowest BCUT2D eigenvalue weighted by Crippen LogP contribution is -2.04. The topological polar surface area (TPSA) is 26.0 Å². The molecular formula is C15H9BrF3NOS. The number of rotatable bonds is 3. The molecule has 3 aromatic rings. The maximum Gasteiger partial charge on any atom is 0.416 e. The largest absolute Gasteiger partial charge is 0.431 e. The number of hydrogen-bond acceptors (Lipinski definition) is 3. The predicted octanol–water partition coefficient (Wildman–Crippen LogP) is 5.90. The zero-order chi connectivity index (χ0) is 15.7. The standard InChI is InChI=1S/C15H9BrF3NOS/c16-11-5-6-12-13(7-11)21-14(20-12)22-8-9-1-3-10(4-2-9)15(17,18)19/h1-7H,8H2. The molecule has 0 bridgehead atoms. The molecule has 0 aliphatic heterocycles. The van der Waals surface area contributed by atoms with E-state index in [9.17, 15) is 13.2 Å². The van der Waals surface area contributed by atoms with Gasteiger partial charge in [0.05, 0.1) is 5.56 Å². The number of alkyl halides is 3. The molecule has 0 saturated heterocycles. The first-order valence-electron chi connectivity index (χ1n) is 6.27. The van der Waals surface area contributed by atoms with E-state index < -0.39 is 11.7 Å². The molecule has 1 heterocycles. The SMILES string of the molecule is FC(F)(F)c1ccc(CSc2nc3ccc(Br)cc3o2)cc1. The monoisotopic (exact) mass is 387 g/mol. The van der Waals surface area contributed by atoms with E-state index in [2.05, 4.69) is 20.9 Å². The van der Waals surface area contributed by atoms with E-state index in [1.807, 2.05) is 18.2 Å². The van der Waals surface area contributed by atoms with Gasteiger partial charge in [0.2, 0.25) is 0 Å². The van der Waals surface area contributed by atoms with Crippen molar-refractivity contribution in [3.63, 3.8) is 0 Å². The van der Waals surface area contributed by atoms with Crippen molar-refractivity contribution in [3.8, 4) is 0 Å². The average molecular weight is 388 g/mol. The summed E-state index contributed by atoms with van der Waals surface area (Å²) in [5.41, 5.74) is 1.55. The first-order valence-corrected chi connectivity index (χ1v) is 8.05. The minimum absolute atomic E-state index is 0.492. The van der Waals surface area contributed by atoms with Crippen LogP contribution in [0.5, 0.6) is 0 Å². The van der Waals surface area contributed by atoms with Crippen molar-refractivity contribution in [1.29, 1.82) is 0 Å².